The molecule has 0 N–H and O–H groups in total. The van der Waals surface area contributed by atoms with Crippen molar-refractivity contribution >= 4 is 23.2 Å². The van der Waals surface area contributed by atoms with Gasteiger partial charge in [0, 0.05) is 4.92 Å². The van der Waals surface area contributed by atoms with E-state index < -0.39 is 34.6 Å². The van der Waals surface area contributed by atoms with Gasteiger partial charge in [0.25, 0.3) is 11.8 Å². The van der Waals surface area contributed by atoms with Gasteiger partial charge >= 0.3 is 0 Å². The average Bonchev–Trinajstić information content (AvgIpc) is 3.16. The molecule has 7 nitrogen and oxygen atoms in total. The van der Waals surface area contributed by atoms with Crippen LogP contribution in [0.5, 0.6) is 0 Å². The first kappa shape index (κ1) is 23.0. The Morgan fingerprint density at radius 2 is 1.03 bits per heavy atom. The first-order valence-electron chi connectivity index (χ1n) is 11.6. The number of amides is 2. The molecule has 2 amide bonds. The fourth-order valence-corrected chi connectivity index (χ4v) is 4.99. The number of benzene rings is 4. The maximum atomic E-state index is 14.7. The van der Waals surface area contributed by atoms with Gasteiger partial charge in [0.1, 0.15) is 0 Å². The maximum Gasteiger partial charge on any atom is 0.267 e. The van der Waals surface area contributed by atoms with Crippen LogP contribution in [-0.4, -0.2) is 23.3 Å². The molecule has 0 aromatic heterocycles. The molecule has 178 valence electrons. The van der Waals surface area contributed by atoms with Gasteiger partial charge in [0.15, 0.2) is 5.41 Å². The van der Waals surface area contributed by atoms with E-state index >= 15 is 0 Å². The molecule has 1 heterocycles. The summed E-state index contributed by atoms with van der Waals surface area (Å²) in [6.07, 6.45) is 0. The summed E-state index contributed by atoms with van der Waals surface area (Å²) in [7, 11) is 0. The zero-order valence-electron chi connectivity index (χ0n) is 19.3. The second-order valence-electron chi connectivity index (χ2n) is 8.56. The van der Waals surface area contributed by atoms with Crippen molar-refractivity contribution in [2.24, 2.45) is 0 Å². The zero-order valence-corrected chi connectivity index (χ0v) is 19.3. The largest absolute Gasteiger partial charge is 0.271 e. The number of hydrazine groups is 1. The number of hydrogen-bond acceptors (Lipinski definition) is 4. The lowest BCUT2D eigenvalue weighted by Crippen LogP contribution is -2.49. The molecule has 1 fully saturated rings. The third-order valence-corrected chi connectivity index (χ3v) is 6.55. The molecule has 4 aromatic carbocycles. The van der Waals surface area contributed by atoms with Gasteiger partial charge in [0.05, 0.1) is 17.3 Å². The quantitative estimate of drug-likeness (QED) is 0.214. The number of hydrogen-bond donors (Lipinski definition) is 0. The molecule has 1 atom stereocenters. The van der Waals surface area contributed by atoms with Crippen LogP contribution in [0.1, 0.15) is 17.0 Å². The van der Waals surface area contributed by atoms with Crippen LogP contribution in [-0.2, 0) is 15.0 Å². The highest BCUT2D eigenvalue weighted by Gasteiger charge is 2.65. The van der Waals surface area contributed by atoms with E-state index in [1.54, 1.807) is 109 Å². The van der Waals surface area contributed by atoms with Gasteiger partial charge in [-0.25, -0.2) is 10.0 Å². The predicted molar refractivity (Wildman–Crippen MR) is 137 cm³/mol. The summed E-state index contributed by atoms with van der Waals surface area (Å²) >= 11 is 0. The number of nitrogens with zero attached hydrogens (tertiary/aromatic N) is 3. The van der Waals surface area contributed by atoms with Crippen molar-refractivity contribution in [2.75, 3.05) is 16.6 Å². The molecule has 0 saturated carbocycles. The summed E-state index contributed by atoms with van der Waals surface area (Å²) in [4.78, 5) is 40.8. The van der Waals surface area contributed by atoms with Crippen molar-refractivity contribution in [3.63, 3.8) is 0 Å². The highest BCUT2D eigenvalue weighted by molar-refractivity contribution is 6.30. The van der Waals surface area contributed by atoms with E-state index in [2.05, 4.69) is 0 Å². The summed E-state index contributed by atoms with van der Waals surface area (Å²) in [5, 5.41) is 14.7. The van der Waals surface area contributed by atoms with Crippen LogP contribution < -0.4 is 10.0 Å². The summed E-state index contributed by atoms with van der Waals surface area (Å²) in [6, 6.07) is 35.2. The minimum Gasteiger partial charge on any atom is -0.271 e. The van der Waals surface area contributed by atoms with Crippen molar-refractivity contribution in [1.82, 2.24) is 0 Å². The Kier molecular flexibility index (Phi) is 6.04. The minimum absolute atomic E-state index is 0.412. The lowest BCUT2D eigenvalue weighted by Gasteiger charge is -2.31. The maximum absolute atomic E-state index is 14.7. The second-order valence-corrected chi connectivity index (χ2v) is 8.56. The Labute approximate surface area is 208 Å². The van der Waals surface area contributed by atoms with E-state index in [0.29, 0.717) is 22.5 Å². The molecule has 1 aliphatic heterocycles. The Bertz CT molecular complexity index is 1320. The molecule has 0 spiro atoms. The van der Waals surface area contributed by atoms with Gasteiger partial charge in [-0.2, -0.15) is 0 Å². The Morgan fingerprint density at radius 3 is 1.44 bits per heavy atom. The Morgan fingerprint density at radius 1 is 0.639 bits per heavy atom. The lowest BCUT2D eigenvalue weighted by atomic mass is 9.66. The highest BCUT2D eigenvalue weighted by atomic mass is 16.6. The van der Waals surface area contributed by atoms with Crippen LogP contribution >= 0.6 is 0 Å². The van der Waals surface area contributed by atoms with Gasteiger partial charge in [-0.3, -0.25) is 19.7 Å². The number of nitro groups is 1. The molecular weight excluding hydrogens is 454 g/mol. The van der Waals surface area contributed by atoms with Crippen molar-refractivity contribution in [3.05, 3.63) is 143 Å². The van der Waals surface area contributed by atoms with Crippen LogP contribution in [0.4, 0.5) is 11.4 Å². The standard InChI is InChI=1S/C29H23N3O4/c33-27-29(23-15-7-2-8-16-23,26(21-30(35)36)22-13-5-1-6-14-22)28(34)32(25-19-11-4-12-20-25)31(27)24-17-9-3-10-18-24/h1-20,26H,21H2. The number of carbonyl (C=O) groups is 2. The zero-order chi connectivity index (χ0) is 25.1. The average molecular weight is 478 g/mol. The van der Waals surface area contributed by atoms with Crippen LogP contribution in [0.3, 0.4) is 0 Å². The van der Waals surface area contributed by atoms with Crippen molar-refractivity contribution in [3.8, 4) is 0 Å². The van der Waals surface area contributed by atoms with E-state index in [-0.39, 0.29) is 0 Å². The molecule has 0 aliphatic carbocycles. The fraction of sp³-hybridized carbons (Fsp3) is 0.103. The molecule has 0 radical (unpaired) electrons. The SMILES string of the molecule is O=C1N(c2ccccc2)N(c2ccccc2)C(=O)C1(c1ccccc1)C(C[N+](=O)[O-])c1ccccc1. The molecule has 1 saturated heterocycles. The van der Waals surface area contributed by atoms with Crippen molar-refractivity contribution < 1.29 is 14.5 Å². The first-order valence-corrected chi connectivity index (χ1v) is 11.6. The first-order chi connectivity index (χ1) is 17.5. The van der Waals surface area contributed by atoms with E-state index in [9.17, 15) is 19.7 Å². The van der Waals surface area contributed by atoms with Gasteiger partial charge in [-0.1, -0.05) is 97.1 Å². The third kappa shape index (κ3) is 3.71. The molecule has 5 rings (SSSR count). The van der Waals surface area contributed by atoms with E-state index in [0.717, 1.165) is 0 Å². The molecule has 36 heavy (non-hydrogen) atoms. The molecule has 7 heteroatoms. The monoisotopic (exact) mass is 477 g/mol. The van der Waals surface area contributed by atoms with E-state index in [1.165, 1.54) is 10.0 Å². The molecule has 0 bridgehead atoms. The van der Waals surface area contributed by atoms with Crippen LogP contribution in [0, 0.1) is 10.1 Å². The van der Waals surface area contributed by atoms with Gasteiger partial charge in [0.2, 0.25) is 6.54 Å². The summed E-state index contributed by atoms with van der Waals surface area (Å²) < 4.78 is 0. The lowest BCUT2D eigenvalue weighted by molar-refractivity contribution is -0.484. The predicted octanol–water partition coefficient (Wildman–Crippen LogP) is 4.98. The van der Waals surface area contributed by atoms with Crippen molar-refractivity contribution in [1.29, 1.82) is 0 Å². The van der Waals surface area contributed by atoms with Crippen LogP contribution in [0.2, 0.25) is 0 Å². The van der Waals surface area contributed by atoms with Gasteiger partial charge < -0.3 is 0 Å². The van der Waals surface area contributed by atoms with E-state index in [4.69, 9.17) is 0 Å². The number of para-hydroxylation sites is 2. The number of rotatable bonds is 7. The minimum atomic E-state index is -1.86. The van der Waals surface area contributed by atoms with Gasteiger partial charge in [-0.15, -0.1) is 0 Å². The van der Waals surface area contributed by atoms with Gasteiger partial charge in [-0.05, 0) is 35.4 Å². The smallest absolute Gasteiger partial charge is 0.267 e. The second kappa shape index (κ2) is 9.46. The van der Waals surface area contributed by atoms with Crippen LogP contribution in [0.25, 0.3) is 0 Å². The normalized spacial score (nSPS) is 15.7. The molecule has 1 aliphatic rings. The van der Waals surface area contributed by atoms with Crippen LogP contribution in [0.15, 0.2) is 121 Å². The summed E-state index contributed by atoms with van der Waals surface area (Å²) in [5.74, 6) is -2.12. The fourth-order valence-electron chi connectivity index (χ4n) is 4.99. The molecular formula is C29H23N3O4. The Balaban J connectivity index is 1.83. The topological polar surface area (TPSA) is 83.8 Å². The number of carbonyl (C=O) groups excluding carboxylic acids is 2. The third-order valence-electron chi connectivity index (χ3n) is 6.55. The summed E-state index contributed by atoms with van der Waals surface area (Å²) in [5.41, 5.74) is 0.0788. The Hall–Kier alpha value is -4.78. The van der Waals surface area contributed by atoms with E-state index in [1.807, 2.05) is 12.1 Å². The molecule has 4 aromatic rings. The summed E-state index contributed by atoms with van der Waals surface area (Å²) in [6.45, 7) is -0.596. The number of anilines is 2. The van der Waals surface area contributed by atoms with Crippen molar-refractivity contribution in [2.45, 2.75) is 11.3 Å². The molecule has 1 unspecified atom stereocenters. The highest BCUT2D eigenvalue weighted by Crippen LogP contribution is 2.49.